The first kappa shape index (κ1) is 9.13. The molecule has 5 aliphatic carbocycles. The van der Waals surface area contributed by atoms with E-state index in [1.165, 1.54) is 32.1 Å². The van der Waals surface area contributed by atoms with Crippen molar-refractivity contribution in [2.45, 2.75) is 32.1 Å². The molecule has 0 aromatic heterocycles. The van der Waals surface area contributed by atoms with Crippen molar-refractivity contribution in [3.05, 3.63) is 24.3 Å². The smallest absolute Gasteiger partial charge is 0.146 e. The van der Waals surface area contributed by atoms with Gasteiger partial charge in [0.05, 0.1) is 0 Å². The predicted octanol–water partition coefficient (Wildman–Crippen LogP) is 3.12. The molecule has 0 saturated heterocycles. The molecule has 2 spiro atoms. The second kappa shape index (κ2) is 2.46. The summed E-state index contributed by atoms with van der Waals surface area (Å²) in [4.78, 5) is 12.9. The Morgan fingerprint density at radius 3 is 1.71 bits per heavy atom. The number of ketones is 1. The quantitative estimate of drug-likeness (QED) is 0.580. The third kappa shape index (κ3) is 0.802. The number of rotatable bonds is 0. The second-order valence-electron chi connectivity index (χ2n) is 7.20. The molecule has 17 heavy (non-hydrogen) atoms. The van der Waals surface area contributed by atoms with E-state index in [9.17, 15) is 4.79 Å². The fourth-order valence-electron chi connectivity index (χ4n) is 5.95. The number of Topliss-reactive ketones (excluding diaryl/α,β-unsaturated/α-hetero) is 1. The van der Waals surface area contributed by atoms with Gasteiger partial charge in [-0.25, -0.2) is 0 Å². The predicted molar refractivity (Wildman–Crippen MR) is 65.2 cm³/mol. The second-order valence-corrected chi connectivity index (χ2v) is 7.20. The van der Waals surface area contributed by atoms with E-state index in [1.807, 2.05) is 0 Å². The Morgan fingerprint density at radius 1 is 0.882 bits per heavy atom. The van der Waals surface area contributed by atoms with Crippen LogP contribution in [0.5, 0.6) is 0 Å². The monoisotopic (exact) mass is 226 g/mol. The highest BCUT2D eigenvalue weighted by molar-refractivity contribution is 5.98. The Kier molecular flexibility index (Phi) is 1.32. The van der Waals surface area contributed by atoms with Crippen LogP contribution in [0.4, 0.5) is 0 Å². The van der Waals surface area contributed by atoms with Gasteiger partial charge < -0.3 is 0 Å². The number of allylic oxidation sites excluding steroid dienone is 4. The Labute approximate surface area is 102 Å². The zero-order chi connectivity index (χ0) is 11.3. The van der Waals surface area contributed by atoms with Crippen LogP contribution in [0.15, 0.2) is 24.3 Å². The summed E-state index contributed by atoms with van der Waals surface area (Å²) in [6, 6.07) is 0. The van der Waals surface area contributed by atoms with Crippen molar-refractivity contribution in [3.8, 4) is 0 Å². The number of carbonyl (C=O) groups is 1. The maximum Gasteiger partial charge on any atom is 0.146 e. The Bertz CT molecular complexity index is 446. The lowest BCUT2D eigenvalue weighted by Crippen LogP contribution is -2.60. The summed E-state index contributed by atoms with van der Waals surface area (Å²) in [6.07, 6.45) is 15.5. The first-order valence-corrected chi connectivity index (χ1v) is 7.15. The van der Waals surface area contributed by atoms with Crippen LogP contribution in [0.3, 0.4) is 0 Å². The molecule has 88 valence electrons. The van der Waals surface area contributed by atoms with E-state index < -0.39 is 0 Å². The Morgan fingerprint density at radius 2 is 1.41 bits per heavy atom. The first-order chi connectivity index (χ1) is 8.23. The highest BCUT2D eigenvalue weighted by Gasteiger charge is 2.72. The average molecular weight is 226 g/mol. The van der Waals surface area contributed by atoms with Gasteiger partial charge >= 0.3 is 0 Å². The lowest BCUT2D eigenvalue weighted by atomic mass is 9.44. The maximum atomic E-state index is 12.9. The van der Waals surface area contributed by atoms with Crippen LogP contribution in [0.1, 0.15) is 32.1 Å². The SMILES string of the molecule is O=C1C2(CC3C=CC2C3)CC12CC1C=CC2C1. The molecule has 1 heteroatoms. The zero-order valence-corrected chi connectivity index (χ0v) is 10.1. The molecular weight excluding hydrogens is 208 g/mol. The molecule has 5 aliphatic rings. The number of hydrogen-bond donors (Lipinski definition) is 0. The molecular formula is C16H18O. The molecule has 0 aromatic carbocycles. The molecule has 0 aliphatic heterocycles. The lowest BCUT2D eigenvalue weighted by Gasteiger charge is -2.57. The molecule has 0 amide bonds. The van der Waals surface area contributed by atoms with Gasteiger partial charge in [0.2, 0.25) is 0 Å². The molecule has 5 rings (SSSR count). The third-order valence-corrected chi connectivity index (χ3v) is 6.55. The maximum absolute atomic E-state index is 12.9. The molecule has 1 nitrogen and oxygen atoms in total. The number of hydrogen-bond acceptors (Lipinski definition) is 1. The minimum Gasteiger partial charge on any atom is -0.298 e. The summed E-state index contributed by atoms with van der Waals surface area (Å²) in [6.45, 7) is 0. The lowest BCUT2D eigenvalue weighted by molar-refractivity contribution is -0.165. The summed E-state index contributed by atoms with van der Waals surface area (Å²) in [5.41, 5.74) is 0.218. The fourth-order valence-corrected chi connectivity index (χ4v) is 5.95. The van der Waals surface area contributed by atoms with E-state index in [2.05, 4.69) is 24.3 Å². The van der Waals surface area contributed by atoms with E-state index in [0.29, 0.717) is 17.6 Å². The van der Waals surface area contributed by atoms with Gasteiger partial charge in [0.25, 0.3) is 0 Å². The van der Waals surface area contributed by atoms with E-state index >= 15 is 0 Å². The highest BCUT2D eigenvalue weighted by atomic mass is 16.1. The van der Waals surface area contributed by atoms with Crippen molar-refractivity contribution in [2.24, 2.45) is 34.5 Å². The molecule has 0 radical (unpaired) electrons. The van der Waals surface area contributed by atoms with Crippen LogP contribution in [-0.4, -0.2) is 5.78 Å². The molecule has 0 aromatic rings. The Balaban J connectivity index is 1.54. The molecule has 0 heterocycles. The van der Waals surface area contributed by atoms with Gasteiger partial charge in [-0.05, 0) is 55.8 Å². The topological polar surface area (TPSA) is 17.1 Å². The van der Waals surface area contributed by atoms with Crippen LogP contribution in [0.25, 0.3) is 0 Å². The van der Waals surface area contributed by atoms with Crippen LogP contribution in [0, 0.1) is 34.5 Å². The zero-order valence-electron chi connectivity index (χ0n) is 10.1. The average Bonchev–Trinajstić information content (AvgIpc) is 3.07. The van der Waals surface area contributed by atoms with Crippen LogP contribution in [-0.2, 0) is 4.79 Å². The van der Waals surface area contributed by atoms with Crippen LogP contribution in [0.2, 0.25) is 0 Å². The van der Waals surface area contributed by atoms with Crippen LogP contribution >= 0.6 is 0 Å². The van der Waals surface area contributed by atoms with Crippen molar-refractivity contribution in [2.75, 3.05) is 0 Å². The van der Waals surface area contributed by atoms with Gasteiger partial charge in [0, 0.05) is 10.8 Å². The first-order valence-electron chi connectivity index (χ1n) is 7.15. The van der Waals surface area contributed by atoms with Gasteiger partial charge in [-0.2, -0.15) is 0 Å². The molecule has 4 bridgehead atoms. The van der Waals surface area contributed by atoms with Gasteiger partial charge in [-0.1, -0.05) is 24.3 Å². The molecule has 0 N–H and O–H groups in total. The number of fused-ring (bicyclic) bond motifs is 6. The molecule has 3 saturated carbocycles. The summed E-state index contributed by atoms with van der Waals surface area (Å²) in [7, 11) is 0. The minimum atomic E-state index is 0.109. The van der Waals surface area contributed by atoms with Gasteiger partial charge in [0.1, 0.15) is 5.78 Å². The van der Waals surface area contributed by atoms with Crippen molar-refractivity contribution >= 4 is 5.78 Å². The number of carbonyl (C=O) groups excluding carboxylic acids is 1. The van der Waals surface area contributed by atoms with E-state index in [4.69, 9.17) is 0 Å². The largest absolute Gasteiger partial charge is 0.298 e. The van der Waals surface area contributed by atoms with Crippen molar-refractivity contribution in [3.63, 3.8) is 0 Å². The Hall–Kier alpha value is -0.850. The van der Waals surface area contributed by atoms with Crippen LogP contribution < -0.4 is 0 Å². The van der Waals surface area contributed by atoms with Gasteiger partial charge in [-0.3, -0.25) is 4.79 Å². The highest BCUT2D eigenvalue weighted by Crippen LogP contribution is 2.72. The van der Waals surface area contributed by atoms with E-state index in [0.717, 1.165) is 11.8 Å². The van der Waals surface area contributed by atoms with Crippen molar-refractivity contribution in [1.29, 1.82) is 0 Å². The van der Waals surface area contributed by atoms with Gasteiger partial charge in [0.15, 0.2) is 0 Å². The third-order valence-electron chi connectivity index (χ3n) is 6.55. The van der Waals surface area contributed by atoms with E-state index in [-0.39, 0.29) is 10.8 Å². The molecule has 6 unspecified atom stereocenters. The van der Waals surface area contributed by atoms with Crippen molar-refractivity contribution < 1.29 is 4.79 Å². The van der Waals surface area contributed by atoms with E-state index in [1.54, 1.807) is 0 Å². The molecule has 6 atom stereocenters. The minimum absolute atomic E-state index is 0.109. The normalized spacial score (nSPS) is 61.1. The summed E-state index contributed by atoms with van der Waals surface area (Å²) < 4.78 is 0. The standard InChI is InChI=1S/C16H18O/c17-14-15(7-10-1-3-12(15)5-10)9-16(14)8-11-2-4-13(16)6-11/h1-4,10-13H,5-9H2. The molecule has 3 fully saturated rings. The summed E-state index contributed by atoms with van der Waals surface area (Å²) >= 11 is 0. The van der Waals surface area contributed by atoms with Crippen molar-refractivity contribution in [1.82, 2.24) is 0 Å². The summed E-state index contributed by atoms with van der Waals surface area (Å²) in [5, 5.41) is 0. The summed E-state index contributed by atoms with van der Waals surface area (Å²) in [5.74, 6) is 3.34. The van der Waals surface area contributed by atoms with Gasteiger partial charge in [-0.15, -0.1) is 0 Å². The fraction of sp³-hybridized carbons (Fsp3) is 0.688.